The largest absolute Gasteiger partial charge is 0.462 e. The first-order valence-electron chi connectivity index (χ1n) is 11.2. The second-order valence-electron chi connectivity index (χ2n) is 8.05. The number of benzene rings is 2. The average Bonchev–Trinajstić information content (AvgIpc) is 2.78. The standard InChI is InChI=1S/C25H33N3O3/c1-2-31-24(29)21-10-12-22(13-11-21)28-25(30)27-15-6-9-23-18-20(14-16-26-23)17-19-7-4-3-5-8-19/h3-5,7-8,10-13,20,23,26H,2,6,9,14-18H2,1H3,(H2,27,28,30). The van der Waals surface area contributed by atoms with Crippen molar-refractivity contribution in [2.45, 2.75) is 45.1 Å². The Labute approximate surface area is 184 Å². The van der Waals surface area contributed by atoms with Gasteiger partial charge in [0, 0.05) is 18.3 Å². The van der Waals surface area contributed by atoms with Crippen molar-refractivity contribution in [1.82, 2.24) is 10.6 Å². The molecule has 1 saturated heterocycles. The summed E-state index contributed by atoms with van der Waals surface area (Å²) in [6, 6.07) is 17.7. The number of hydrogen-bond acceptors (Lipinski definition) is 4. The molecule has 0 aliphatic carbocycles. The Hall–Kier alpha value is -2.86. The molecule has 0 saturated carbocycles. The number of nitrogens with one attached hydrogen (secondary N) is 3. The SMILES string of the molecule is CCOC(=O)c1ccc(NC(=O)NCCCC2CC(Cc3ccccc3)CCN2)cc1. The molecular formula is C25H33N3O3. The van der Waals surface area contributed by atoms with Crippen molar-refractivity contribution in [2.75, 3.05) is 25.0 Å². The maximum Gasteiger partial charge on any atom is 0.338 e. The topological polar surface area (TPSA) is 79.5 Å². The zero-order valence-corrected chi connectivity index (χ0v) is 18.2. The molecule has 1 fully saturated rings. The molecule has 1 aliphatic rings. The van der Waals surface area contributed by atoms with Crippen molar-refractivity contribution in [3.63, 3.8) is 0 Å². The first kappa shape index (κ1) is 22.8. The molecule has 2 aromatic carbocycles. The summed E-state index contributed by atoms with van der Waals surface area (Å²) in [7, 11) is 0. The fourth-order valence-corrected chi connectivity index (χ4v) is 4.08. The maximum absolute atomic E-state index is 12.1. The lowest BCUT2D eigenvalue weighted by Gasteiger charge is -2.30. The molecule has 3 N–H and O–H groups in total. The summed E-state index contributed by atoms with van der Waals surface area (Å²) < 4.78 is 4.96. The van der Waals surface area contributed by atoms with E-state index in [1.54, 1.807) is 31.2 Å². The third-order valence-corrected chi connectivity index (χ3v) is 5.64. The number of urea groups is 1. The van der Waals surface area contributed by atoms with E-state index in [4.69, 9.17) is 4.74 Å². The Morgan fingerprint density at radius 3 is 2.61 bits per heavy atom. The number of esters is 1. The molecule has 1 aliphatic heterocycles. The number of amides is 2. The minimum absolute atomic E-state index is 0.234. The number of hydrogen-bond donors (Lipinski definition) is 3. The van der Waals surface area contributed by atoms with Gasteiger partial charge in [0.05, 0.1) is 12.2 Å². The smallest absolute Gasteiger partial charge is 0.338 e. The zero-order valence-electron chi connectivity index (χ0n) is 18.2. The van der Waals surface area contributed by atoms with E-state index in [9.17, 15) is 9.59 Å². The van der Waals surface area contributed by atoms with Crippen molar-refractivity contribution in [1.29, 1.82) is 0 Å². The van der Waals surface area contributed by atoms with Gasteiger partial charge in [0.25, 0.3) is 0 Å². The molecule has 0 radical (unpaired) electrons. The molecule has 0 bridgehead atoms. The average molecular weight is 424 g/mol. The van der Waals surface area contributed by atoms with E-state index in [1.165, 1.54) is 18.4 Å². The second-order valence-corrected chi connectivity index (χ2v) is 8.05. The molecule has 6 heteroatoms. The highest BCUT2D eigenvalue weighted by Gasteiger charge is 2.21. The quantitative estimate of drug-likeness (QED) is 0.413. The zero-order chi connectivity index (χ0) is 21.9. The Kier molecular flexibility index (Phi) is 8.91. The molecule has 166 valence electrons. The highest BCUT2D eigenvalue weighted by Crippen LogP contribution is 2.23. The van der Waals surface area contributed by atoms with Crippen LogP contribution < -0.4 is 16.0 Å². The number of piperidine rings is 1. The molecule has 31 heavy (non-hydrogen) atoms. The second kappa shape index (κ2) is 12.1. The summed E-state index contributed by atoms with van der Waals surface area (Å²) in [5.74, 6) is 0.364. The molecule has 2 aromatic rings. The van der Waals surface area contributed by atoms with Crippen molar-refractivity contribution in [3.05, 3.63) is 65.7 Å². The highest BCUT2D eigenvalue weighted by atomic mass is 16.5. The Balaban J connectivity index is 1.33. The molecule has 1 heterocycles. The van der Waals surface area contributed by atoms with E-state index in [0.717, 1.165) is 31.7 Å². The van der Waals surface area contributed by atoms with Crippen molar-refractivity contribution in [3.8, 4) is 0 Å². The van der Waals surface area contributed by atoms with Gasteiger partial charge in [0.2, 0.25) is 0 Å². The molecular weight excluding hydrogens is 390 g/mol. The van der Waals surface area contributed by atoms with E-state index in [-0.39, 0.29) is 12.0 Å². The summed E-state index contributed by atoms with van der Waals surface area (Å²) in [5, 5.41) is 9.33. The van der Waals surface area contributed by atoms with Gasteiger partial charge < -0.3 is 20.7 Å². The summed E-state index contributed by atoms with van der Waals surface area (Å²) in [6.07, 6.45) is 5.55. The first-order chi connectivity index (χ1) is 15.1. The van der Waals surface area contributed by atoms with Crippen molar-refractivity contribution >= 4 is 17.7 Å². The van der Waals surface area contributed by atoms with Crippen LogP contribution >= 0.6 is 0 Å². The lowest BCUT2D eigenvalue weighted by atomic mass is 9.86. The van der Waals surface area contributed by atoms with Gasteiger partial charge in [-0.05, 0) is 81.3 Å². The van der Waals surface area contributed by atoms with Gasteiger partial charge in [-0.1, -0.05) is 30.3 Å². The predicted molar refractivity (Wildman–Crippen MR) is 123 cm³/mol. The van der Waals surface area contributed by atoms with Crippen LogP contribution in [0.25, 0.3) is 0 Å². The van der Waals surface area contributed by atoms with E-state index in [1.807, 2.05) is 0 Å². The van der Waals surface area contributed by atoms with Gasteiger partial charge >= 0.3 is 12.0 Å². The molecule has 2 atom stereocenters. The lowest BCUT2D eigenvalue weighted by Crippen LogP contribution is -2.39. The Morgan fingerprint density at radius 1 is 1.10 bits per heavy atom. The van der Waals surface area contributed by atoms with Gasteiger partial charge in [0.1, 0.15) is 0 Å². The van der Waals surface area contributed by atoms with Crippen molar-refractivity contribution in [2.24, 2.45) is 5.92 Å². The third kappa shape index (κ3) is 7.72. The van der Waals surface area contributed by atoms with Crippen LogP contribution in [0.2, 0.25) is 0 Å². The molecule has 2 amide bonds. The lowest BCUT2D eigenvalue weighted by molar-refractivity contribution is 0.0526. The minimum Gasteiger partial charge on any atom is -0.462 e. The van der Waals surface area contributed by atoms with Crippen molar-refractivity contribution < 1.29 is 14.3 Å². The maximum atomic E-state index is 12.1. The molecule has 2 unspecified atom stereocenters. The van der Waals surface area contributed by atoms with Crippen LogP contribution in [0.15, 0.2) is 54.6 Å². The summed E-state index contributed by atoms with van der Waals surface area (Å²) in [4.78, 5) is 23.8. The van der Waals surface area contributed by atoms with E-state index in [0.29, 0.717) is 30.4 Å². The summed E-state index contributed by atoms with van der Waals surface area (Å²) >= 11 is 0. The number of rotatable bonds is 9. The molecule has 6 nitrogen and oxygen atoms in total. The van der Waals surface area contributed by atoms with Gasteiger partial charge in [-0.3, -0.25) is 0 Å². The fraction of sp³-hybridized carbons (Fsp3) is 0.440. The van der Waals surface area contributed by atoms with E-state index in [2.05, 4.69) is 46.3 Å². The number of carbonyl (C=O) groups is 2. The van der Waals surface area contributed by atoms with Crippen LogP contribution in [0.1, 0.15) is 48.5 Å². The number of carbonyl (C=O) groups excluding carboxylic acids is 2. The van der Waals surface area contributed by atoms with Gasteiger partial charge in [0.15, 0.2) is 0 Å². The third-order valence-electron chi connectivity index (χ3n) is 5.64. The van der Waals surface area contributed by atoms with Crippen LogP contribution in [0.4, 0.5) is 10.5 Å². The van der Waals surface area contributed by atoms with Crippen LogP contribution in [-0.2, 0) is 11.2 Å². The monoisotopic (exact) mass is 423 g/mol. The predicted octanol–water partition coefficient (Wildman–Crippen LogP) is 4.38. The Bertz CT molecular complexity index is 824. The van der Waals surface area contributed by atoms with E-state index < -0.39 is 0 Å². The van der Waals surface area contributed by atoms with Gasteiger partial charge in [-0.15, -0.1) is 0 Å². The van der Waals surface area contributed by atoms with Gasteiger partial charge in [-0.25, -0.2) is 9.59 Å². The van der Waals surface area contributed by atoms with Crippen LogP contribution in [-0.4, -0.2) is 37.7 Å². The molecule has 0 spiro atoms. The van der Waals surface area contributed by atoms with E-state index >= 15 is 0 Å². The molecule has 3 rings (SSSR count). The molecule has 0 aromatic heterocycles. The Morgan fingerprint density at radius 2 is 1.87 bits per heavy atom. The summed E-state index contributed by atoms with van der Waals surface area (Å²) in [5.41, 5.74) is 2.53. The summed E-state index contributed by atoms with van der Waals surface area (Å²) in [6.45, 7) is 3.81. The number of anilines is 1. The minimum atomic E-state index is -0.360. The van der Waals surface area contributed by atoms with Gasteiger partial charge in [-0.2, -0.15) is 0 Å². The fourth-order valence-electron chi connectivity index (χ4n) is 4.08. The van der Waals surface area contributed by atoms with Crippen LogP contribution in [0.5, 0.6) is 0 Å². The van der Waals surface area contributed by atoms with Crippen LogP contribution in [0.3, 0.4) is 0 Å². The van der Waals surface area contributed by atoms with Crippen LogP contribution in [0, 0.1) is 5.92 Å². The number of ether oxygens (including phenoxy) is 1. The first-order valence-corrected chi connectivity index (χ1v) is 11.2. The highest BCUT2D eigenvalue weighted by molar-refractivity contribution is 5.92. The normalized spacial score (nSPS) is 18.2.